The predicted molar refractivity (Wildman–Crippen MR) is 109 cm³/mol. The maximum Gasteiger partial charge on any atom is 0.320 e. The molecule has 1 aliphatic carbocycles. The van der Waals surface area contributed by atoms with E-state index in [1.54, 1.807) is 0 Å². The number of amides is 1. The van der Waals surface area contributed by atoms with Gasteiger partial charge in [-0.1, -0.05) is 55.7 Å². The molecule has 2 aromatic carbocycles. The molecule has 2 aromatic rings. The van der Waals surface area contributed by atoms with Crippen LogP contribution in [0.2, 0.25) is 0 Å². The molecular formula is C23H28N2O3. The molecule has 1 fully saturated rings. The standard InChI is InChI=1S/C23H28N2O3/c24-21(23(27)28)14-16-6-8-17(9-7-16)15-25-22(26)20-12-10-19(11-13-20)18-4-2-1-3-5-18/h6-13,18,21H,1-5,14-15,24H2,(H,25,26)(H,27,28). The lowest BCUT2D eigenvalue weighted by Crippen LogP contribution is -2.32. The highest BCUT2D eigenvalue weighted by molar-refractivity contribution is 5.94. The number of nitrogens with two attached hydrogens (primary N) is 1. The van der Waals surface area contributed by atoms with Gasteiger partial charge in [0.1, 0.15) is 6.04 Å². The van der Waals surface area contributed by atoms with E-state index in [-0.39, 0.29) is 12.3 Å². The average molecular weight is 380 g/mol. The second-order valence-electron chi connectivity index (χ2n) is 7.60. The average Bonchev–Trinajstić information content (AvgIpc) is 2.73. The zero-order chi connectivity index (χ0) is 19.9. The fourth-order valence-corrected chi connectivity index (χ4v) is 3.76. The molecule has 0 radical (unpaired) electrons. The minimum absolute atomic E-state index is 0.0906. The van der Waals surface area contributed by atoms with Crippen molar-refractivity contribution in [3.8, 4) is 0 Å². The van der Waals surface area contributed by atoms with E-state index >= 15 is 0 Å². The number of hydrogen-bond donors (Lipinski definition) is 3. The van der Waals surface area contributed by atoms with Gasteiger partial charge in [0, 0.05) is 12.1 Å². The molecule has 0 aliphatic heterocycles. The van der Waals surface area contributed by atoms with E-state index in [1.165, 1.54) is 37.7 Å². The Labute approximate surface area is 166 Å². The summed E-state index contributed by atoms with van der Waals surface area (Å²) in [4.78, 5) is 23.2. The van der Waals surface area contributed by atoms with Crippen molar-refractivity contribution in [2.24, 2.45) is 5.73 Å². The van der Waals surface area contributed by atoms with Gasteiger partial charge in [0.2, 0.25) is 0 Å². The van der Waals surface area contributed by atoms with Crippen LogP contribution in [0, 0.1) is 0 Å². The number of aliphatic carboxylic acids is 1. The van der Waals surface area contributed by atoms with Crippen molar-refractivity contribution in [3.05, 3.63) is 70.8 Å². The van der Waals surface area contributed by atoms with E-state index in [9.17, 15) is 9.59 Å². The van der Waals surface area contributed by atoms with Gasteiger partial charge in [0.15, 0.2) is 0 Å². The number of benzene rings is 2. The molecule has 1 unspecified atom stereocenters. The van der Waals surface area contributed by atoms with Crippen LogP contribution in [0.25, 0.3) is 0 Å². The molecule has 3 rings (SSSR count). The van der Waals surface area contributed by atoms with Crippen molar-refractivity contribution >= 4 is 11.9 Å². The Bertz CT molecular complexity index is 794. The van der Waals surface area contributed by atoms with Gasteiger partial charge in [-0.3, -0.25) is 9.59 Å². The molecule has 5 heteroatoms. The summed E-state index contributed by atoms with van der Waals surface area (Å²) in [6, 6.07) is 14.6. The number of carboxylic acids is 1. The molecule has 0 bridgehead atoms. The van der Waals surface area contributed by atoms with Gasteiger partial charge < -0.3 is 16.2 Å². The van der Waals surface area contributed by atoms with Crippen LogP contribution in [0.15, 0.2) is 48.5 Å². The van der Waals surface area contributed by atoms with Crippen LogP contribution < -0.4 is 11.1 Å². The first-order chi connectivity index (χ1) is 13.5. The third-order valence-corrected chi connectivity index (χ3v) is 5.50. The maximum absolute atomic E-state index is 12.4. The van der Waals surface area contributed by atoms with Crippen molar-refractivity contribution in [2.75, 3.05) is 0 Å². The molecule has 5 nitrogen and oxygen atoms in total. The first-order valence-corrected chi connectivity index (χ1v) is 9.97. The minimum atomic E-state index is -1.01. The second kappa shape index (κ2) is 9.51. The summed E-state index contributed by atoms with van der Waals surface area (Å²) in [7, 11) is 0. The van der Waals surface area contributed by atoms with Crippen LogP contribution in [-0.4, -0.2) is 23.0 Å². The highest BCUT2D eigenvalue weighted by atomic mass is 16.4. The van der Waals surface area contributed by atoms with E-state index in [0.29, 0.717) is 18.0 Å². The van der Waals surface area contributed by atoms with Gasteiger partial charge in [-0.25, -0.2) is 0 Å². The number of hydrogen-bond acceptors (Lipinski definition) is 3. The lowest BCUT2D eigenvalue weighted by molar-refractivity contribution is -0.138. The Morgan fingerprint density at radius 2 is 1.57 bits per heavy atom. The predicted octanol–water partition coefficient (Wildman–Crippen LogP) is 3.62. The summed E-state index contributed by atoms with van der Waals surface area (Å²) < 4.78 is 0. The topological polar surface area (TPSA) is 92.4 Å². The smallest absolute Gasteiger partial charge is 0.320 e. The molecular weight excluding hydrogens is 352 g/mol. The molecule has 0 heterocycles. The van der Waals surface area contributed by atoms with E-state index in [0.717, 1.165) is 11.1 Å². The number of carbonyl (C=O) groups is 2. The summed E-state index contributed by atoms with van der Waals surface area (Å²) >= 11 is 0. The van der Waals surface area contributed by atoms with Gasteiger partial charge in [-0.15, -0.1) is 0 Å². The molecule has 1 saturated carbocycles. The first-order valence-electron chi connectivity index (χ1n) is 9.97. The fraction of sp³-hybridized carbons (Fsp3) is 0.391. The third-order valence-electron chi connectivity index (χ3n) is 5.50. The van der Waals surface area contributed by atoms with Gasteiger partial charge >= 0.3 is 5.97 Å². The van der Waals surface area contributed by atoms with Crippen molar-refractivity contribution in [2.45, 2.75) is 57.0 Å². The summed E-state index contributed by atoms with van der Waals surface area (Å²) in [5.41, 5.74) is 9.38. The van der Waals surface area contributed by atoms with E-state index in [2.05, 4.69) is 17.4 Å². The molecule has 0 aromatic heterocycles. The lowest BCUT2D eigenvalue weighted by Gasteiger charge is -2.22. The Kier molecular flexibility index (Phi) is 6.82. The molecule has 1 atom stereocenters. The normalized spacial score (nSPS) is 15.8. The van der Waals surface area contributed by atoms with E-state index < -0.39 is 12.0 Å². The number of carbonyl (C=O) groups excluding carboxylic acids is 1. The maximum atomic E-state index is 12.4. The summed E-state index contributed by atoms with van der Waals surface area (Å²) in [5.74, 6) is -0.461. The van der Waals surface area contributed by atoms with Crippen molar-refractivity contribution in [1.82, 2.24) is 5.32 Å². The van der Waals surface area contributed by atoms with Gasteiger partial charge in [-0.05, 0) is 54.0 Å². The molecule has 1 amide bonds. The highest BCUT2D eigenvalue weighted by Crippen LogP contribution is 2.32. The summed E-state index contributed by atoms with van der Waals surface area (Å²) in [6.45, 7) is 0.425. The lowest BCUT2D eigenvalue weighted by atomic mass is 9.84. The first kappa shape index (κ1) is 20.1. The summed E-state index contributed by atoms with van der Waals surface area (Å²) in [6.07, 6.45) is 6.72. The number of rotatable bonds is 7. The number of nitrogens with one attached hydrogen (secondary N) is 1. The van der Waals surface area contributed by atoms with Crippen LogP contribution in [-0.2, 0) is 17.8 Å². The van der Waals surface area contributed by atoms with Crippen LogP contribution in [0.1, 0.15) is 65.1 Å². The molecule has 0 spiro atoms. The Balaban J connectivity index is 1.51. The van der Waals surface area contributed by atoms with Crippen molar-refractivity contribution in [1.29, 1.82) is 0 Å². The molecule has 1 aliphatic rings. The van der Waals surface area contributed by atoms with Crippen molar-refractivity contribution in [3.63, 3.8) is 0 Å². The SMILES string of the molecule is NC(Cc1ccc(CNC(=O)c2ccc(C3CCCCC3)cc2)cc1)C(=O)O. The van der Waals surface area contributed by atoms with Crippen LogP contribution in [0.3, 0.4) is 0 Å². The van der Waals surface area contributed by atoms with Crippen LogP contribution >= 0.6 is 0 Å². The van der Waals surface area contributed by atoms with Crippen LogP contribution in [0.4, 0.5) is 0 Å². The Morgan fingerprint density at radius 1 is 0.964 bits per heavy atom. The van der Waals surface area contributed by atoms with Crippen LogP contribution in [0.5, 0.6) is 0 Å². The van der Waals surface area contributed by atoms with E-state index in [1.807, 2.05) is 36.4 Å². The monoisotopic (exact) mass is 380 g/mol. The van der Waals surface area contributed by atoms with Gasteiger partial charge in [0.25, 0.3) is 5.91 Å². The fourth-order valence-electron chi connectivity index (χ4n) is 3.76. The van der Waals surface area contributed by atoms with Crippen molar-refractivity contribution < 1.29 is 14.7 Å². The molecule has 0 saturated heterocycles. The van der Waals surface area contributed by atoms with Gasteiger partial charge in [0.05, 0.1) is 0 Å². The third kappa shape index (κ3) is 5.42. The minimum Gasteiger partial charge on any atom is -0.480 e. The zero-order valence-corrected chi connectivity index (χ0v) is 16.1. The summed E-state index contributed by atoms with van der Waals surface area (Å²) in [5, 5.41) is 11.8. The highest BCUT2D eigenvalue weighted by Gasteiger charge is 2.16. The Morgan fingerprint density at radius 3 is 2.18 bits per heavy atom. The molecule has 28 heavy (non-hydrogen) atoms. The Hall–Kier alpha value is -2.66. The zero-order valence-electron chi connectivity index (χ0n) is 16.1. The molecule has 148 valence electrons. The number of carboxylic acid groups (broad SMARTS) is 1. The van der Waals surface area contributed by atoms with Gasteiger partial charge in [-0.2, -0.15) is 0 Å². The quantitative estimate of drug-likeness (QED) is 0.684. The second-order valence-corrected chi connectivity index (χ2v) is 7.60. The molecule has 4 N–H and O–H groups in total. The largest absolute Gasteiger partial charge is 0.480 e. The van der Waals surface area contributed by atoms with E-state index in [4.69, 9.17) is 10.8 Å².